The summed E-state index contributed by atoms with van der Waals surface area (Å²) in [6, 6.07) is 10.4. The summed E-state index contributed by atoms with van der Waals surface area (Å²) in [4.78, 5) is 24.8. The van der Waals surface area contributed by atoms with Gasteiger partial charge in [0.1, 0.15) is 0 Å². The van der Waals surface area contributed by atoms with Gasteiger partial charge in [0.2, 0.25) is 5.91 Å². The first-order valence-corrected chi connectivity index (χ1v) is 8.06. The van der Waals surface area contributed by atoms with Crippen LogP contribution in [0.15, 0.2) is 30.3 Å². The molecule has 0 radical (unpaired) electrons. The maximum atomic E-state index is 12.3. The molecule has 1 aromatic carbocycles. The number of piperidine rings is 1. The first kappa shape index (κ1) is 16.5. The van der Waals surface area contributed by atoms with E-state index in [2.05, 4.69) is 19.1 Å². The van der Waals surface area contributed by atoms with Crippen molar-refractivity contribution < 1.29 is 14.7 Å². The van der Waals surface area contributed by atoms with Crippen molar-refractivity contribution in [2.45, 2.75) is 50.9 Å². The maximum Gasteiger partial charge on any atom is 0.303 e. The molecule has 0 saturated carbocycles. The molecule has 1 aromatic rings. The van der Waals surface area contributed by atoms with Gasteiger partial charge in [0, 0.05) is 31.3 Å². The van der Waals surface area contributed by atoms with Crippen LogP contribution in [0.25, 0.3) is 0 Å². The average molecular weight is 303 g/mol. The Morgan fingerprint density at radius 2 is 1.86 bits per heavy atom. The van der Waals surface area contributed by atoms with Crippen molar-refractivity contribution >= 4 is 11.9 Å². The first-order chi connectivity index (χ1) is 10.5. The van der Waals surface area contributed by atoms with Crippen LogP contribution in [-0.4, -0.2) is 35.0 Å². The quantitative estimate of drug-likeness (QED) is 0.821. The Morgan fingerprint density at radius 3 is 2.55 bits per heavy atom. The van der Waals surface area contributed by atoms with Crippen LogP contribution < -0.4 is 0 Å². The summed E-state index contributed by atoms with van der Waals surface area (Å²) in [5.41, 5.74) is 1.31. The summed E-state index contributed by atoms with van der Waals surface area (Å²) in [5, 5.41) is 8.63. The van der Waals surface area contributed by atoms with E-state index in [0.29, 0.717) is 19.3 Å². The second-order valence-corrected chi connectivity index (χ2v) is 6.45. The Bertz CT molecular complexity index is 514. The topological polar surface area (TPSA) is 57.6 Å². The molecule has 1 N–H and O–H groups in total. The van der Waals surface area contributed by atoms with E-state index < -0.39 is 5.97 Å². The van der Waals surface area contributed by atoms with Crippen molar-refractivity contribution in [3.8, 4) is 0 Å². The molecular weight excluding hydrogens is 278 g/mol. The van der Waals surface area contributed by atoms with Gasteiger partial charge in [0.25, 0.3) is 0 Å². The van der Waals surface area contributed by atoms with Crippen LogP contribution in [0.3, 0.4) is 0 Å². The molecule has 1 aliphatic heterocycles. The SMILES string of the molecule is CC1(c2ccccc2)CCCN(C(=O)CCCCC(=O)O)C1. The number of nitrogens with zero attached hydrogens (tertiary/aromatic N) is 1. The van der Waals surface area contributed by atoms with E-state index in [4.69, 9.17) is 5.11 Å². The van der Waals surface area contributed by atoms with Crippen molar-refractivity contribution in [1.29, 1.82) is 0 Å². The summed E-state index contributed by atoms with van der Waals surface area (Å²) in [5.74, 6) is -0.630. The lowest BCUT2D eigenvalue weighted by atomic mass is 9.76. The Kier molecular flexibility index (Phi) is 5.58. The molecule has 120 valence electrons. The van der Waals surface area contributed by atoms with Gasteiger partial charge in [-0.3, -0.25) is 9.59 Å². The number of carboxylic acid groups (broad SMARTS) is 1. The molecular formula is C18H25NO3. The van der Waals surface area contributed by atoms with Gasteiger partial charge >= 0.3 is 5.97 Å². The third-order valence-electron chi connectivity index (χ3n) is 4.55. The van der Waals surface area contributed by atoms with Gasteiger partial charge in [-0.25, -0.2) is 0 Å². The number of carbonyl (C=O) groups excluding carboxylic acids is 1. The minimum Gasteiger partial charge on any atom is -0.481 e. The van der Waals surface area contributed by atoms with E-state index in [-0.39, 0.29) is 17.7 Å². The van der Waals surface area contributed by atoms with E-state index in [1.54, 1.807) is 0 Å². The van der Waals surface area contributed by atoms with Crippen molar-refractivity contribution in [1.82, 2.24) is 4.90 Å². The van der Waals surface area contributed by atoms with Crippen molar-refractivity contribution in [2.75, 3.05) is 13.1 Å². The molecule has 0 aromatic heterocycles. The molecule has 0 aliphatic carbocycles. The van der Waals surface area contributed by atoms with Crippen LogP contribution in [0, 0.1) is 0 Å². The van der Waals surface area contributed by atoms with Gasteiger partial charge in [-0.2, -0.15) is 0 Å². The van der Waals surface area contributed by atoms with Crippen molar-refractivity contribution in [3.05, 3.63) is 35.9 Å². The number of hydrogen-bond acceptors (Lipinski definition) is 2. The molecule has 1 amide bonds. The molecule has 1 unspecified atom stereocenters. The zero-order valence-electron chi connectivity index (χ0n) is 13.3. The molecule has 1 aliphatic rings. The van der Waals surface area contributed by atoms with Gasteiger partial charge in [-0.05, 0) is 31.2 Å². The number of aliphatic carboxylic acids is 1. The summed E-state index contributed by atoms with van der Waals surface area (Å²) in [6.45, 7) is 3.81. The number of benzene rings is 1. The van der Waals surface area contributed by atoms with Gasteiger partial charge in [0.05, 0.1) is 0 Å². The highest BCUT2D eigenvalue weighted by Crippen LogP contribution is 2.33. The summed E-state index contributed by atoms with van der Waals surface area (Å²) in [7, 11) is 0. The highest BCUT2D eigenvalue weighted by atomic mass is 16.4. The van der Waals surface area contributed by atoms with Crippen LogP contribution in [-0.2, 0) is 15.0 Å². The first-order valence-electron chi connectivity index (χ1n) is 8.06. The number of carboxylic acids is 1. The largest absolute Gasteiger partial charge is 0.481 e. The van der Waals surface area contributed by atoms with Gasteiger partial charge in [-0.1, -0.05) is 37.3 Å². The fourth-order valence-electron chi connectivity index (χ4n) is 3.24. The standard InChI is InChI=1S/C18H25NO3/c1-18(15-8-3-2-4-9-15)12-7-13-19(14-18)16(20)10-5-6-11-17(21)22/h2-4,8-9H,5-7,10-14H2,1H3,(H,21,22). The van der Waals surface area contributed by atoms with Crippen molar-refractivity contribution in [2.24, 2.45) is 0 Å². The molecule has 1 atom stereocenters. The zero-order chi connectivity index (χ0) is 16.0. The average Bonchev–Trinajstić information content (AvgIpc) is 2.52. The fourth-order valence-corrected chi connectivity index (χ4v) is 3.24. The van der Waals surface area contributed by atoms with Gasteiger partial charge in [-0.15, -0.1) is 0 Å². The zero-order valence-corrected chi connectivity index (χ0v) is 13.3. The smallest absolute Gasteiger partial charge is 0.303 e. The summed E-state index contributed by atoms with van der Waals surface area (Å²) in [6.07, 6.45) is 3.95. The number of likely N-dealkylation sites (tertiary alicyclic amines) is 1. The molecule has 2 rings (SSSR count). The highest BCUT2D eigenvalue weighted by molar-refractivity contribution is 5.76. The molecule has 0 bridgehead atoms. The highest BCUT2D eigenvalue weighted by Gasteiger charge is 2.34. The number of amides is 1. The Morgan fingerprint density at radius 1 is 1.18 bits per heavy atom. The van der Waals surface area contributed by atoms with Crippen LogP contribution in [0.1, 0.15) is 51.0 Å². The number of unbranched alkanes of at least 4 members (excludes halogenated alkanes) is 1. The van der Waals surface area contributed by atoms with Crippen LogP contribution in [0.2, 0.25) is 0 Å². The lowest BCUT2D eigenvalue weighted by Crippen LogP contribution is -2.47. The number of hydrogen-bond donors (Lipinski definition) is 1. The molecule has 0 spiro atoms. The third kappa shape index (κ3) is 4.33. The third-order valence-corrected chi connectivity index (χ3v) is 4.55. The molecule has 22 heavy (non-hydrogen) atoms. The van der Waals surface area contributed by atoms with Gasteiger partial charge in [0.15, 0.2) is 0 Å². The van der Waals surface area contributed by atoms with Gasteiger partial charge < -0.3 is 10.0 Å². The van der Waals surface area contributed by atoms with E-state index in [1.807, 2.05) is 23.1 Å². The molecule has 4 heteroatoms. The van der Waals surface area contributed by atoms with Crippen LogP contribution in [0.4, 0.5) is 0 Å². The predicted octanol–water partition coefficient (Wildman–Crippen LogP) is 3.21. The van der Waals surface area contributed by atoms with Crippen LogP contribution >= 0.6 is 0 Å². The Hall–Kier alpha value is -1.84. The maximum absolute atomic E-state index is 12.3. The van der Waals surface area contributed by atoms with Crippen molar-refractivity contribution in [3.63, 3.8) is 0 Å². The van der Waals surface area contributed by atoms with E-state index in [1.165, 1.54) is 5.56 Å². The van der Waals surface area contributed by atoms with E-state index in [9.17, 15) is 9.59 Å². The second-order valence-electron chi connectivity index (χ2n) is 6.45. The second kappa shape index (κ2) is 7.43. The molecule has 1 heterocycles. The summed E-state index contributed by atoms with van der Waals surface area (Å²) >= 11 is 0. The molecule has 1 saturated heterocycles. The molecule has 1 fully saturated rings. The minimum absolute atomic E-state index is 0.0240. The Balaban J connectivity index is 1.90. The monoisotopic (exact) mass is 303 g/mol. The minimum atomic E-state index is -0.790. The van der Waals surface area contributed by atoms with Crippen LogP contribution in [0.5, 0.6) is 0 Å². The lowest BCUT2D eigenvalue weighted by Gasteiger charge is -2.41. The predicted molar refractivity (Wildman–Crippen MR) is 85.7 cm³/mol. The number of rotatable bonds is 6. The lowest BCUT2D eigenvalue weighted by molar-refractivity contribution is -0.138. The van der Waals surface area contributed by atoms with E-state index >= 15 is 0 Å². The number of carbonyl (C=O) groups is 2. The normalized spacial score (nSPS) is 21.6. The Labute approximate surface area is 132 Å². The molecule has 4 nitrogen and oxygen atoms in total. The summed E-state index contributed by atoms with van der Waals surface area (Å²) < 4.78 is 0. The fraction of sp³-hybridized carbons (Fsp3) is 0.556. The van der Waals surface area contributed by atoms with E-state index in [0.717, 1.165) is 25.9 Å².